The van der Waals surface area contributed by atoms with Gasteiger partial charge in [0.25, 0.3) is 0 Å². The molecule has 0 aliphatic carbocycles. The Labute approximate surface area is 88.0 Å². The van der Waals surface area contributed by atoms with Crippen LogP contribution in [-0.2, 0) is 0 Å². The highest BCUT2D eigenvalue weighted by Gasteiger charge is 2.13. The van der Waals surface area contributed by atoms with Crippen LogP contribution in [0.15, 0.2) is 23.6 Å². The van der Waals surface area contributed by atoms with Crippen molar-refractivity contribution in [3.05, 3.63) is 40.4 Å². The van der Waals surface area contributed by atoms with Gasteiger partial charge in [-0.2, -0.15) is 0 Å². The van der Waals surface area contributed by atoms with E-state index in [9.17, 15) is 8.78 Å². The molecule has 0 fully saturated rings. The Kier molecular flexibility index (Phi) is 2.48. The monoisotopic (exact) mass is 231 g/mol. The standard InChI is InChI=1S/C9H4ClF2NS/c10-7-4-14-9(13-7)8-5(11)2-1-3-6(8)12/h1-4H. The van der Waals surface area contributed by atoms with Crippen LogP contribution in [0.4, 0.5) is 8.78 Å². The highest BCUT2D eigenvalue weighted by atomic mass is 35.5. The van der Waals surface area contributed by atoms with Gasteiger partial charge in [0.05, 0.1) is 5.56 Å². The molecule has 1 aromatic carbocycles. The van der Waals surface area contributed by atoms with Gasteiger partial charge in [-0.05, 0) is 12.1 Å². The first-order valence-corrected chi connectivity index (χ1v) is 4.99. The third-order valence-corrected chi connectivity index (χ3v) is 2.84. The van der Waals surface area contributed by atoms with Crippen LogP contribution in [0.5, 0.6) is 0 Å². The zero-order valence-electron chi connectivity index (χ0n) is 6.80. The molecule has 2 rings (SSSR count). The molecule has 0 aliphatic rings. The van der Waals surface area contributed by atoms with Crippen molar-refractivity contribution in [3.63, 3.8) is 0 Å². The van der Waals surface area contributed by atoms with Gasteiger partial charge < -0.3 is 0 Å². The van der Waals surface area contributed by atoms with Gasteiger partial charge in [0.15, 0.2) is 0 Å². The molecule has 1 heterocycles. The molecule has 1 aromatic heterocycles. The highest BCUT2D eigenvalue weighted by Crippen LogP contribution is 2.29. The lowest BCUT2D eigenvalue weighted by molar-refractivity contribution is 0.589. The maximum atomic E-state index is 13.2. The SMILES string of the molecule is Fc1cccc(F)c1-c1nc(Cl)cs1. The molecule has 0 N–H and O–H groups in total. The predicted molar refractivity (Wildman–Crippen MR) is 52.5 cm³/mol. The molecule has 0 bridgehead atoms. The third-order valence-electron chi connectivity index (χ3n) is 1.65. The second-order valence-corrected chi connectivity index (χ2v) is 3.82. The zero-order valence-corrected chi connectivity index (χ0v) is 8.37. The van der Waals surface area contributed by atoms with Gasteiger partial charge in [-0.15, -0.1) is 11.3 Å². The summed E-state index contributed by atoms with van der Waals surface area (Å²) >= 11 is 6.68. The molecule has 0 saturated heterocycles. The van der Waals surface area contributed by atoms with Crippen LogP contribution in [-0.4, -0.2) is 4.98 Å². The van der Waals surface area contributed by atoms with Crippen LogP contribution >= 0.6 is 22.9 Å². The van der Waals surface area contributed by atoms with E-state index >= 15 is 0 Å². The zero-order chi connectivity index (χ0) is 10.1. The maximum Gasteiger partial charge on any atom is 0.140 e. The minimum atomic E-state index is -0.629. The summed E-state index contributed by atoms with van der Waals surface area (Å²) in [5.41, 5.74) is -0.121. The predicted octanol–water partition coefficient (Wildman–Crippen LogP) is 3.74. The van der Waals surface area contributed by atoms with Crippen molar-refractivity contribution in [2.45, 2.75) is 0 Å². The average molecular weight is 232 g/mol. The molecule has 0 aliphatic heterocycles. The minimum Gasteiger partial charge on any atom is -0.224 e. The number of rotatable bonds is 1. The smallest absolute Gasteiger partial charge is 0.140 e. The number of nitrogens with zero attached hydrogens (tertiary/aromatic N) is 1. The van der Waals surface area contributed by atoms with E-state index in [0.717, 1.165) is 11.3 Å². The second kappa shape index (κ2) is 3.63. The highest BCUT2D eigenvalue weighted by molar-refractivity contribution is 7.13. The second-order valence-electron chi connectivity index (χ2n) is 2.57. The fourth-order valence-corrected chi connectivity index (χ4v) is 2.06. The normalized spacial score (nSPS) is 10.5. The van der Waals surface area contributed by atoms with E-state index in [0.29, 0.717) is 0 Å². The summed E-state index contributed by atoms with van der Waals surface area (Å²) in [4.78, 5) is 3.81. The molecular formula is C9H4ClF2NS. The summed E-state index contributed by atoms with van der Waals surface area (Å²) in [6.45, 7) is 0. The number of thiazole rings is 1. The Morgan fingerprint density at radius 3 is 2.36 bits per heavy atom. The van der Waals surface area contributed by atoms with Crippen LogP contribution < -0.4 is 0 Å². The van der Waals surface area contributed by atoms with Crippen molar-refractivity contribution < 1.29 is 8.78 Å². The van der Waals surface area contributed by atoms with E-state index in [1.807, 2.05) is 0 Å². The Morgan fingerprint density at radius 2 is 1.86 bits per heavy atom. The molecule has 0 spiro atoms. The molecule has 0 atom stereocenters. The lowest BCUT2D eigenvalue weighted by atomic mass is 10.2. The number of hydrogen-bond acceptors (Lipinski definition) is 2. The number of aromatic nitrogens is 1. The Balaban J connectivity index is 2.61. The number of halogens is 3. The molecule has 5 heteroatoms. The summed E-state index contributed by atoms with van der Waals surface area (Å²) < 4.78 is 26.5. The Morgan fingerprint density at radius 1 is 1.21 bits per heavy atom. The van der Waals surface area contributed by atoms with E-state index in [1.54, 1.807) is 0 Å². The van der Waals surface area contributed by atoms with E-state index in [2.05, 4.69) is 4.98 Å². The fourth-order valence-electron chi connectivity index (χ4n) is 1.07. The number of benzene rings is 1. The first-order valence-electron chi connectivity index (χ1n) is 3.74. The summed E-state index contributed by atoms with van der Waals surface area (Å²) in [6, 6.07) is 3.69. The molecule has 0 unspecified atom stereocenters. The van der Waals surface area contributed by atoms with Gasteiger partial charge >= 0.3 is 0 Å². The van der Waals surface area contributed by atoms with Crippen molar-refractivity contribution in [1.29, 1.82) is 0 Å². The van der Waals surface area contributed by atoms with Gasteiger partial charge in [0.2, 0.25) is 0 Å². The molecule has 0 amide bonds. The van der Waals surface area contributed by atoms with Crippen molar-refractivity contribution in [3.8, 4) is 10.6 Å². The lowest BCUT2D eigenvalue weighted by Crippen LogP contribution is -1.88. The van der Waals surface area contributed by atoms with E-state index in [1.165, 1.54) is 23.6 Å². The Bertz CT molecular complexity index is 449. The molecule has 1 nitrogen and oxygen atoms in total. The summed E-state index contributed by atoms with van der Waals surface area (Å²) in [5, 5.41) is 2.03. The van der Waals surface area contributed by atoms with Gasteiger partial charge in [-0.1, -0.05) is 17.7 Å². The van der Waals surface area contributed by atoms with Gasteiger partial charge in [-0.3, -0.25) is 0 Å². The van der Waals surface area contributed by atoms with Crippen molar-refractivity contribution >= 4 is 22.9 Å². The summed E-state index contributed by atoms with van der Waals surface area (Å²) in [7, 11) is 0. The quantitative estimate of drug-likeness (QED) is 0.729. The van der Waals surface area contributed by atoms with E-state index in [-0.39, 0.29) is 15.7 Å². The molecule has 2 aromatic rings. The first-order chi connectivity index (χ1) is 6.68. The van der Waals surface area contributed by atoms with Crippen LogP contribution in [0.1, 0.15) is 0 Å². The van der Waals surface area contributed by atoms with Crippen LogP contribution in [0.25, 0.3) is 10.6 Å². The number of hydrogen-bond donors (Lipinski definition) is 0. The summed E-state index contributed by atoms with van der Waals surface area (Å²) in [6.07, 6.45) is 0. The van der Waals surface area contributed by atoms with Gasteiger partial charge in [0, 0.05) is 5.38 Å². The fraction of sp³-hybridized carbons (Fsp3) is 0. The first kappa shape index (κ1) is 9.55. The molecule has 0 saturated carbocycles. The average Bonchev–Trinajstić information content (AvgIpc) is 2.51. The van der Waals surface area contributed by atoms with Gasteiger partial charge in [0.1, 0.15) is 21.8 Å². The van der Waals surface area contributed by atoms with Gasteiger partial charge in [-0.25, -0.2) is 13.8 Å². The molecule has 72 valence electrons. The third kappa shape index (κ3) is 1.63. The maximum absolute atomic E-state index is 13.2. The Hall–Kier alpha value is -1.000. The summed E-state index contributed by atoms with van der Waals surface area (Å²) in [5.74, 6) is -1.26. The molecular weight excluding hydrogens is 228 g/mol. The topological polar surface area (TPSA) is 12.9 Å². The van der Waals surface area contributed by atoms with Crippen LogP contribution in [0.2, 0.25) is 5.15 Å². The van der Waals surface area contributed by atoms with Crippen molar-refractivity contribution in [1.82, 2.24) is 4.98 Å². The minimum absolute atomic E-state index is 0.121. The molecule has 14 heavy (non-hydrogen) atoms. The van der Waals surface area contributed by atoms with Crippen molar-refractivity contribution in [2.75, 3.05) is 0 Å². The van der Waals surface area contributed by atoms with E-state index < -0.39 is 11.6 Å². The largest absolute Gasteiger partial charge is 0.224 e. The van der Waals surface area contributed by atoms with Crippen molar-refractivity contribution in [2.24, 2.45) is 0 Å². The van der Waals surface area contributed by atoms with E-state index in [4.69, 9.17) is 11.6 Å². The van der Waals surface area contributed by atoms with Crippen LogP contribution in [0, 0.1) is 11.6 Å². The lowest BCUT2D eigenvalue weighted by Gasteiger charge is -1.99. The molecule has 0 radical (unpaired) electrons. The van der Waals surface area contributed by atoms with Crippen LogP contribution in [0.3, 0.4) is 0 Å².